The molecule has 0 saturated carbocycles. The van der Waals surface area contributed by atoms with E-state index in [1.54, 1.807) is 0 Å². The molecule has 2 nitrogen and oxygen atoms in total. The molecule has 20 heavy (non-hydrogen) atoms. The van der Waals surface area contributed by atoms with E-state index in [0.717, 1.165) is 6.42 Å². The standard InChI is InChI=1S/C18H30O2/c1-13(2)12-17(20)16(19)11-8-14-6-9-15(10-7-14)18(3,4)5/h6-7,9-10,13,16-17,19-20H,8,11-12H2,1-5H3. The Morgan fingerprint density at radius 2 is 1.50 bits per heavy atom. The first-order chi connectivity index (χ1) is 9.20. The van der Waals surface area contributed by atoms with Crippen LogP contribution in [0.3, 0.4) is 0 Å². The number of hydrogen-bond donors (Lipinski definition) is 2. The van der Waals surface area contributed by atoms with Gasteiger partial charge in [-0.25, -0.2) is 0 Å². The van der Waals surface area contributed by atoms with Crippen LogP contribution in [-0.2, 0) is 11.8 Å². The van der Waals surface area contributed by atoms with Crippen LogP contribution in [0.15, 0.2) is 24.3 Å². The van der Waals surface area contributed by atoms with Gasteiger partial charge in [0, 0.05) is 0 Å². The molecule has 0 heterocycles. The Bertz CT molecular complexity index is 387. The highest BCUT2D eigenvalue weighted by atomic mass is 16.3. The predicted molar refractivity (Wildman–Crippen MR) is 84.9 cm³/mol. The van der Waals surface area contributed by atoms with Crippen molar-refractivity contribution in [1.82, 2.24) is 0 Å². The molecule has 0 aromatic heterocycles. The summed E-state index contributed by atoms with van der Waals surface area (Å²) in [7, 11) is 0. The molecule has 1 rings (SSSR count). The van der Waals surface area contributed by atoms with E-state index in [1.165, 1.54) is 11.1 Å². The largest absolute Gasteiger partial charge is 0.390 e. The van der Waals surface area contributed by atoms with Crippen LogP contribution in [0.4, 0.5) is 0 Å². The number of aliphatic hydroxyl groups excluding tert-OH is 2. The van der Waals surface area contributed by atoms with Gasteiger partial charge in [0.15, 0.2) is 0 Å². The Kier molecular flexibility index (Phi) is 6.22. The summed E-state index contributed by atoms with van der Waals surface area (Å²) in [6.07, 6.45) is 0.844. The Hall–Kier alpha value is -0.860. The molecular weight excluding hydrogens is 248 g/mol. The van der Waals surface area contributed by atoms with Crippen molar-refractivity contribution in [2.75, 3.05) is 0 Å². The van der Waals surface area contributed by atoms with Gasteiger partial charge in [-0.15, -0.1) is 0 Å². The van der Waals surface area contributed by atoms with Gasteiger partial charge in [-0.1, -0.05) is 58.9 Å². The SMILES string of the molecule is CC(C)CC(O)C(O)CCc1ccc(C(C)(C)C)cc1. The summed E-state index contributed by atoms with van der Waals surface area (Å²) in [5.74, 6) is 0.408. The second-order valence-electron chi connectivity index (χ2n) is 7.25. The molecule has 114 valence electrons. The molecule has 2 heteroatoms. The summed E-state index contributed by atoms with van der Waals surface area (Å²) < 4.78 is 0. The zero-order chi connectivity index (χ0) is 15.3. The van der Waals surface area contributed by atoms with Gasteiger partial charge in [0.2, 0.25) is 0 Å². The number of aliphatic hydroxyl groups is 2. The minimum atomic E-state index is -0.625. The fraction of sp³-hybridized carbons (Fsp3) is 0.667. The normalized spacial score (nSPS) is 15.4. The predicted octanol–water partition coefficient (Wildman–Crippen LogP) is 3.68. The molecule has 1 aromatic rings. The van der Waals surface area contributed by atoms with Gasteiger partial charge < -0.3 is 10.2 Å². The number of aryl methyl sites for hydroxylation is 1. The summed E-state index contributed by atoms with van der Waals surface area (Å²) in [4.78, 5) is 0. The average Bonchev–Trinajstić information content (AvgIpc) is 2.34. The van der Waals surface area contributed by atoms with Crippen molar-refractivity contribution in [1.29, 1.82) is 0 Å². The molecule has 0 saturated heterocycles. The van der Waals surface area contributed by atoms with Crippen molar-refractivity contribution in [2.24, 2.45) is 5.92 Å². The summed E-state index contributed by atoms with van der Waals surface area (Å²) in [6, 6.07) is 8.57. The number of hydrogen-bond acceptors (Lipinski definition) is 2. The minimum absolute atomic E-state index is 0.172. The molecule has 0 radical (unpaired) electrons. The quantitative estimate of drug-likeness (QED) is 0.833. The van der Waals surface area contributed by atoms with Crippen LogP contribution in [0.2, 0.25) is 0 Å². The Labute approximate surface area is 123 Å². The molecule has 0 spiro atoms. The molecule has 2 atom stereocenters. The maximum atomic E-state index is 9.96. The molecule has 2 N–H and O–H groups in total. The second-order valence-corrected chi connectivity index (χ2v) is 7.25. The van der Waals surface area contributed by atoms with Crippen LogP contribution in [0, 0.1) is 5.92 Å². The minimum Gasteiger partial charge on any atom is -0.390 e. The molecule has 0 fully saturated rings. The first-order valence-electron chi connectivity index (χ1n) is 7.65. The van der Waals surface area contributed by atoms with E-state index in [0.29, 0.717) is 18.8 Å². The van der Waals surface area contributed by atoms with E-state index in [9.17, 15) is 10.2 Å². The summed E-state index contributed by atoms with van der Waals surface area (Å²) in [5.41, 5.74) is 2.71. The van der Waals surface area contributed by atoms with Gasteiger partial charge in [-0.3, -0.25) is 0 Å². The molecule has 2 unspecified atom stereocenters. The highest BCUT2D eigenvalue weighted by Gasteiger charge is 2.17. The number of benzene rings is 1. The van der Waals surface area contributed by atoms with Crippen molar-refractivity contribution >= 4 is 0 Å². The van der Waals surface area contributed by atoms with Crippen LogP contribution < -0.4 is 0 Å². The van der Waals surface area contributed by atoms with E-state index >= 15 is 0 Å². The van der Waals surface area contributed by atoms with E-state index in [1.807, 2.05) is 0 Å². The first-order valence-corrected chi connectivity index (χ1v) is 7.65. The van der Waals surface area contributed by atoms with Crippen molar-refractivity contribution in [3.63, 3.8) is 0 Å². The highest BCUT2D eigenvalue weighted by Crippen LogP contribution is 2.22. The van der Waals surface area contributed by atoms with Gasteiger partial charge >= 0.3 is 0 Å². The first kappa shape index (κ1) is 17.2. The van der Waals surface area contributed by atoms with Gasteiger partial charge in [0.25, 0.3) is 0 Å². The summed E-state index contributed by atoms with van der Waals surface area (Å²) >= 11 is 0. The Morgan fingerprint density at radius 3 is 1.95 bits per heavy atom. The molecule has 0 bridgehead atoms. The zero-order valence-electron chi connectivity index (χ0n) is 13.6. The lowest BCUT2D eigenvalue weighted by atomic mass is 9.86. The van der Waals surface area contributed by atoms with Crippen molar-refractivity contribution in [3.8, 4) is 0 Å². The molecule has 1 aromatic carbocycles. The number of rotatable bonds is 6. The molecule has 0 aliphatic rings. The molecule has 0 aliphatic carbocycles. The Balaban J connectivity index is 2.50. The lowest BCUT2D eigenvalue weighted by Gasteiger charge is -2.20. The van der Waals surface area contributed by atoms with Gasteiger partial charge in [0.05, 0.1) is 12.2 Å². The molecule has 0 amide bonds. The third kappa shape index (κ3) is 5.64. The maximum absolute atomic E-state index is 9.96. The Morgan fingerprint density at radius 1 is 0.950 bits per heavy atom. The van der Waals surface area contributed by atoms with Crippen molar-refractivity contribution < 1.29 is 10.2 Å². The van der Waals surface area contributed by atoms with Gasteiger partial charge in [-0.05, 0) is 41.7 Å². The fourth-order valence-electron chi connectivity index (χ4n) is 2.32. The second kappa shape index (κ2) is 7.24. The van der Waals surface area contributed by atoms with Crippen LogP contribution in [-0.4, -0.2) is 22.4 Å². The molecular formula is C18H30O2. The summed E-state index contributed by atoms with van der Waals surface area (Å²) in [5, 5.41) is 19.8. The smallest absolute Gasteiger partial charge is 0.0802 e. The van der Waals surface area contributed by atoms with E-state index < -0.39 is 12.2 Å². The van der Waals surface area contributed by atoms with Crippen LogP contribution in [0.1, 0.15) is 58.6 Å². The van der Waals surface area contributed by atoms with Crippen LogP contribution >= 0.6 is 0 Å². The lowest BCUT2D eigenvalue weighted by molar-refractivity contribution is 0.00335. The lowest BCUT2D eigenvalue weighted by Crippen LogP contribution is -2.27. The monoisotopic (exact) mass is 278 g/mol. The van der Waals surface area contributed by atoms with Crippen molar-refractivity contribution in [2.45, 2.75) is 71.5 Å². The maximum Gasteiger partial charge on any atom is 0.0802 e. The van der Waals surface area contributed by atoms with Crippen LogP contribution in [0.25, 0.3) is 0 Å². The van der Waals surface area contributed by atoms with E-state index in [4.69, 9.17) is 0 Å². The highest BCUT2D eigenvalue weighted by molar-refractivity contribution is 5.27. The zero-order valence-corrected chi connectivity index (χ0v) is 13.6. The average molecular weight is 278 g/mol. The topological polar surface area (TPSA) is 40.5 Å². The van der Waals surface area contributed by atoms with Gasteiger partial charge in [-0.2, -0.15) is 0 Å². The fourth-order valence-corrected chi connectivity index (χ4v) is 2.32. The van der Waals surface area contributed by atoms with E-state index in [-0.39, 0.29) is 5.41 Å². The molecule has 0 aliphatic heterocycles. The third-order valence-electron chi connectivity index (χ3n) is 3.71. The summed E-state index contributed by atoms with van der Waals surface area (Å²) in [6.45, 7) is 10.7. The third-order valence-corrected chi connectivity index (χ3v) is 3.71. The van der Waals surface area contributed by atoms with Crippen molar-refractivity contribution in [3.05, 3.63) is 35.4 Å². The van der Waals surface area contributed by atoms with Crippen LogP contribution in [0.5, 0.6) is 0 Å². The van der Waals surface area contributed by atoms with Gasteiger partial charge in [0.1, 0.15) is 0 Å². The van der Waals surface area contributed by atoms with E-state index in [2.05, 4.69) is 58.9 Å².